The van der Waals surface area contributed by atoms with Crippen molar-refractivity contribution in [3.8, 4) is 0 Å². The highest BCUT2D eigenvalue weighted by Crippen LogP contribution is 2.32. The van der Waals surface area contributed by atoms with E-state index < -0.39 is 0 Å². The first-order chi connectivity index (χ1) is 9.29. The Bertz CT molecular complexity index is 587. The molecule has 1 aliphatic heterocycles. The summed E-state index contributed by atoms with van der Waals surface area (Å²) in [7, 11) is 1.72. The topological polar surface area (TPSA) is 45.2 Å². The summed E-state index contributed by atoms with van der Waals surface area (Å²) in [5.74, 6) is 0.345. The fourth-order valence-electron chi connectivity index (χ4n) is 2.70. The molecule has 3 heterocycles. The molecule has 4 nitrogen and oxygen atoms in total. The molecule has 2 aromatic rings. The lowest BCUT2D eigenvalue weighted by molar-refractivity contribution is -0.125. The van der Waals surface area contributed by atoms with Crippen LogP contribution in [-0.4, -0.2) is 31.0 Å². The highest BCUT2D eigenvalue weighted by atomic mass is 32.1. The summed E-state index contributed by atoms with van der Waals surface area (Å²) in [6.45, 7) is 1.88. The third kappa shape index (κ3) is 2.30. The van der Waals surface area contributed by atoms with E-state index in [-0.39, 0.29) is 11.8 Å². The molecule has 1 fully saturated rings. The smallest absolute Gasteiger partial charge is 0.222 e. The quantitative estimate of drug-likeness (QED) is 0.914. The Labute approximate surface area is 116 Å². The number of hydrogen-bond acceptors (Lipinski definition) is 4. The largest absolute Gasteiger partial charge is 0.370 e. The van der Waals surface area contributed by atoms with Gasteiger partial charge >= 0.3 is 0 Å². The van der Waals surface area contributed by atoms with Gasteiger partial charge in [-0.1, -0.05) is 0 Å². The van der Waals surface area contributed by atoms with Gasteiger partial charge in [-0.2, -0.15) is 0 Å². The zero-order chi connectivity index (χ0) is 13.2. The fourth-order valence-corrected chi connectivity index (χ4v) is 3.59. The van der Waals surface area contributed by atoms with Gasteiger partial charge in [0.1, 0.15) is 0 Å². The Kier molecular flexibility index (Phi) is 3.38. The third-order valence-corrected chi connectivity index (χ3v) is 4.70. The van der Waals surface area contributed by atoms with E-state index in [9.17, 15) is 4.79 Å². The summed E-state index contributed by atoms with van der Waals surface area (Å²) in [5, 5.41) is 4.83. The Morgan fingerprint density at radius 1 is 1.42 bits per heavy atom. The van der Waals surface area contributed by atoms with Gasteiger partial charge in [0.05, 0.1) is 15.9 Å². The van der Waals surface area contributed by atoms with E-state index in [0.29, 0.717) is 0 Å². The van der Waals surface area contributed by atoms with Crippen molar-refractivity contribution in [2.45, 2.75) is 12.8 Å². The van der Waals surface area contributed by atoms with Crippen LogP contribution in [0.5, 0.6) is 0 Å². The molecule has 0 radical (unpaired) electrons. The number of carbonyl (C=O) groups excluding carboxylic acids is 1. The van der Waals surface area contributed by atoms with Crippen LogP contribution in [0.3, 0.4) is 0 Å². The van der Waals surface area contributed by atoms with Crippen LogP contribution in [0.15, 0.2) is 23.7 Å². The normalized spacial score (nSPS) is 16.8. The van der Waals surface area contributed by atoms with Crippen LogP contribution < -0.4 is 10.2 Å². The van der Waals surface area contributed by atoms with Gasteiger partial charge in [0.25, 0.3) is 0 Å². The summed E-state index contributed by atoms with van der Waals surface area (Å²) < 4.78 is 1.25. The minimum atomic E-state index is 0.168. The molecule has 0 spiro atoms. The Morgan fingerprint density at radius 3 is 2.95 bits per heavy atom. The highest BCUT2D eigenvalue weighted by Gasteiger charge is 2.25. The predicted molar refractivity (Wildman–Crippen MR) is 78.6 cm³/mol. The molecule has 1 amide bonds. The maximum atomic E-state index is 11.6. The summed E-state index contributed by atoms with van der Waals surface area (Å²) >= 11 is 1.74. The van der Waals surface area contributed by atoms with E-state index in [2.05, 4.69) is 32.7 Å². The van der Waals surface area contributed by atoms with Gasteiger partial charge in [0, 0.05) is 32.3 Å². The van der Waals surface area contributed by atoms with E-state index in [0.717, 1.165) is 31.4 Å². The molecular weight excluding hydrogens is 258 g/mol. The van der Waals surface area contributed by atoms with Crippen LogP contribution in [0.1, 0.15) is 12.8 Å². The number of amides is 1. The molecule has 0 saturated carbocycles. The van der Waals surface area contributed by atoms with Gasteiger partial charge in [-0.3, -0.25) is 9.78 Å². The van der Waals surface area contributed by atoms with E-state index >= 15 is 0 Å². The SMILES string of the molecule is CNC(=O)C1CCN(c2ccnc3ccsc23)CC1. The van der Waals surface area contributed by atoms with Crippen molar-refractivity contribution in [2.24, 2.45) is 5.92 Å². The van der Waals surface area contributed by atoms with E-state index in [1.807, 2.05) is 6.20 Å². The van der Waals surface area contributed by atoms with Crippen LogP contribution in [-0.2, 0) is 4.79 Å². The molecule has 5 heteroatoms. The van der Waals surface area contributed by atoms with Crippen LogP contribution in [0, 0.1) is 5.92 Å². The van der Waals surface area contributed by atoms with Crippen molar-refractivity contribution in [2.75, 3.05) is 25.0 Å². The molecule has 0 aromatic carbocycles. The van der Waals surface area contributed by atoms with Crippen molar-refractivity contribution in [3.05, 3.63) is 23.7 Å². The van der Waals surface area contributed by atoms with Crippen LogP contribution in [0.2, 0.25) is 0 Å². The lowest BCUT2D eigenvalue weighted by atomic mass is 9.95. The number of thiophene rings is 1. The van der Waals surface area contributed by atoms with Gasteiger partial charge < -0.3 is 10.2 Å². The summed E-state index contributed by atoms with van der Waals surface area (Å²) in [6, 6.07) is 4.14. The second-order valence-corrected chi connectivity index (χ2v) is 5.76. The van der Waals surface area contributed by atoms with Crippen LogP contribution >= 0.6 is 11.3 Å². The lowest BCUT2D eigenvalue weighted by Gasteiger charge is -2.33. The Morgan fingerprint density at radius 2 is 2.21 bits per heavy atom. The summed E-state index contributed by atoms with van der Waals surface area (Å²) in [5.41, 5.74) is 2.33. The fraction of sp³-hybridized carbons (Fsp3) is 0.429. The maximum Gasteiger partial charge on any atom is 0.222 e. The molecule has 1 saturated heterocycles. The first kappa shape index (κ1) is 12.4. The van der Waals surface area contributed by atoms with E-state index in [1.54, 1.807) is 18.4 Å². The predicted octanol–water partition coefficient (Wildman–Crippen LogP) is 2.26. The number of nitrogens with one attached hydrogen (secondary N) is 1. The van der Waals surface area contributed by atoms with Gasteiger partial charge in [-0.05, 0) is 30.4 Å². The van der Waals surface area contributed by atoms with E-state index in [4.69, 9.17) is 0 Å². The molecule has 0 aliphatic carbocycles. The first-order valence-corrected chi connectivity index (χ1v) is 7.46. The summed E-state index contributed by atoms with van der Waals surface area (Å²) in [6.07, 6.45) is 3.72. The number of piperidine rings is 1. The molecule has 0 atom stereocenters. The number of fused-ring (bicyclic) bond motifs is 1. The van der Waals surface area contributed by atoms with Crippen molar-refractivity contribution in [3.63, 3.8) is 0 Å². The Hall–Kier alpha value is -1.62. The van der Waals surface area contributed by atoms with Crippen molar-refractivity contribution in [1.82, 2.24) is 10.3 Å². The number of aromatic nitrogens is 1. The molecule has 0 unspecified atom stereocenters. The molecule has 0 bridgehead atoms. The monoisotopic (exact) mass is 275 g/mol. The molecule has 1 aliphatic rings. The minimum absolute atomic E-state index is 0.168. The van der Waals surface area contributed by atoms with Gasteiger partial charge in [0.2, 0.25) is 5.91 Å². The molecule has 100 valence electrons. The average molecular weight is 275 g/mol. The van der Waals surface area contributed by atoms with Gasteiger partial charge in [-0.15, -0.1) is 11.3 Å². The van der Waals surface area contributed by atoms with Crippen molar-refractivity contribution >= 4 is 33.1 Å². The average Bonchev–Trinajstić information content (AvgIpc) is 2.95. The molecule has 2 aromatic heterocycles. The summed E-state index contributed by atoms with van der Waals surface area (Å²) in [4.78, 5) is 18.4. The van der Waals surface area contributed by atoms with Gasteiger partial charge in [0.15, 0.2) is 0 Å². The molecule has 1 N–H and O–H groups in total. The molecule has 3 rings (SSSR count). The third-order valence-electron chi connectivity index (χ3n) is 3.78. The van der Waals surface area contributed by atoms with E-state index in [1.165, 1.54) is 10.4 Å². The zero-order valence-corrected chi connectivity index (χ0v) is 11.7. The first-order valence-electron chi connectivity index (χ1n) is 6.58. The van der Waals surface area contributed by atoms with Gasteiger partial charge in [-0.25, -0.2) is 0 Å². The number of nitrogens with zero attached hydrogens (tertiary/aromatic N) is 2. The second-order valence-electron chi connectivity index (χ2n) is 4.84. The minimum Gasteiger partial charge on any atom is -0.370 e. The number of pyridine rings is 1. The maximum absolute atomic E-state index is 11.6. The number of anilines is 1. The second kappa shape index (κ2) is 5.17. The Balaban J connectivity index is 1.78. The standard InChI is InChI=1S/C14H17N3OS/c1-15-14(18)10-3-7-17(8-4-10)12-2-6-16-11-5-9-19-13(11)12/h2,5-6,9-10H,3-4,7-8H2,1H3,(H,15,18). The lowest BCUT2D eigenvalue weighted by Crippen LogP contribution is -2.39. The van der Waals surface area contributed by atoms with Crippen molar-refractivity contribution < 1.29 is 4.79 Å². The van der Waals surface area contributed by atoms with Crippen molar-refractivity contribution in [1.29, 1.82) is 0 Å². The van der Waals surface area contributed by atoms with Crippen LogP contribution in [0.4, 0.5) is 5.69 Å². The molecule has 19 heavy (non-hydrogen) atoms. The number of carbonyl (C=O) groups is 1. The van der Waals surface area contributed by atoms with Crippen LogP contribution in [0.25, 0.3) is 10.2 Å². The molecular formula is C14H17N3OS. The number of rotatable bonds is 2. The highest BCUT2D eigenvalue weighted by molar-refractivity contribution is 7.17. The number of hydrogen-bond donors (Lipinski definition) is 1. The zero-order valence-electron chi connectivity index (χ0n) is 10.9.